The van der Waals surface area contributed by atoms with Gasteiger partial charge in [-0.05, 0) is 30.2 Å². The molecular formula is C13H16ClN. The molecule has 3 rings (SSSR count). The summed E-state index contributed by atoms with van der Waals surface area (Å²) in [6.45, 7) is 0. The lowest BCUT2D eigenvalue weighted by molar-refractivity contribution is 0.371. The van der Waals surface area contributed by atoms with Gasteiger partial charge in [0.05, 0.1) is 0 Å². The Hall–Kier alpha value is -0.530. The van der Waals surface area contributed by atoms with E-state index in [1.165, 1.54) is 12.0 Å². The predicted octanol–water partition coefficient (Wildman–Crippen LogP) is 2.74. The second-order valence-corrected chi connectivity index (χ2v) is 5.49. The minimum Gasteiger partial charge on any atom is -0.327 e. The maximum Gasteiger partial charge on any atom is 0.0382 e. The van der Waals surface area contributed by atoms with E-state index in [1.54, 1.807) is 0 Å². The first kappa shape index (κ1) is 9.68. The van der Waals surface area contributed by atoms with Crippen molar-refractivity contribution in [3.63, 3.8) is 0 Å². The van der Waals surface area contributed by atoms with E-state index in [4.69, 9.17) is 17.3 Å². The molecule has 0 aromatic heterocycles. The molecule has 0 radical (unpaired) electrons. The Labute approximate surface area is 95.6 Å². The number of hydrogen-bond acceptors (Lipinski definition) is 1. The van der Waals surface area contributed by atoms with E-state index >= 15 is 0 Å². The van der Waals surface area contributed by atoms with Crippen LogP contribution in [-0.2, 0) is 0 Å². The van der Waals surface area contributed by atoms with Crippen molar-refractivity contribution in [1.82, 2.24) is 0 Å². The molecule has 2 fully saturated rings. The molecule has 2 aliphatic carbocycles. The van der Waals surface area contributed by atoms with Gasteiger partial charge in [0.25, 0.3) is 0 Å². The molecule has 0 saturated heterocycles. The number of benzene rings is 1. The molecule has 1 aromatic carbocycles. The van der Waals surface area contributed by atoms with Crippen LogP contribution in [0.3, 0.4) is 0 Å². The van der Waals surface area contributed by atoms with Crippen LogP contribution >= 0.6 is 11.6 Å². The maximum atomic E-state index is 6.30. The van der Waals surface area contributed by atoms with Gasteiger partial charge < -0.3 is 5.73 Å². The smallest absolute Gasteiger partial charge is 0.0382 e. The van der Waals surface area contributed by atoms with Crippen LogP contribution < -0.4 is 5.73 Å². The van der Waals surface area contributed by atoms with Gasteiger partial charge in [-0.2, -0.15) is 0 Å². The minimum atomic E-state index is 0.272. The van der Waals surface area contributed by atoms with Crippen molar-refractivity contribution in [2.24, 2.45) is 17.6 Å². The van der Waals surface area contributed by atoms with Crippen molar-refractivity contribution in [3.05, 3.63) is 35.9 Å². The molecule has 2 heteroatoms. The summed E-state index contributed by atoms with van der Waals surface area (Å²) in [4.78, 5) is 0. The van der Waals surface area contributed by atoms with Crippen LogP contribution in [0.2, 0.25) is 0 Å². The van der Waals surface area contributed by atoms with Crippen LogP contribution in [0, 0.1) is 11.8 Å². The Kier molecular flexibility index (Phi) is 2.26. The van der Waals surface area contributed by atoms with Gasteiger partial charge in [-0.3, -0.25) is 0 Å². The van der Waals surface area contributed by atoms with Crippen LogP contribution in [0.4, 0.5) is 0 Å². The number of hydrogen-bond donors (Lipinski definition) is 1. The van der Waals surface area contributed by atoms with Crippen molar-refractivity contribution in [2.75, 3.05) is 0 Å². The zero-order chi connectivity index (χ0) is 10.4. The summed E-state index contributed by atoms with van der Waals surface area (Å²) in [6, 6.07) is 10.9. The van der Waals surface area contributed by atoms with E-state index in [0.717, 1.165) is 12.3 Å². The van der Waals surface area contributed by atoms with Crippen LogP contribution in [0.15, 0.2) is 30.3 Å². The lowest BCUT2D eigenvalue weighted by Gasteiger charge is -2.31. The predicted molar refractivity (Wildman–Crippen MR) is 63.0 cm³/mol. The lowest BCUT2D eigenvalue weighted by atomic mass is 9.80. The van der Waals surface area contributed by atoms with Crippen LogP contribution in [0.25, 0.3) is 0 Å². The van der Waals surface area contributed by atoms with Gasteiger partial charge in [0.15, 0.2) is 0 Å². The Balaban J connectivity index is 1.91. The molecular weight excluding hydrogens is 206 g/mol. The monoisotopic (exact) mass is 221 g/mol. The second-order valence-electron chi connectivity index (χ2n) is 4.93. The van der Waals surface area contributed by atoms with Crippen LogP contribution in [0.1, 0.15) is 24.3 Å². The van der Waals surface area contributed by atoms with Gasteiger partial charge in [-0.15, -0.1) is 11.6 Å². The summed E-state index contributed by atoms with van der Waals surface area (Å²) in [5.41, 5.74) is 7.71. The van der Waals surface area contributed by atoms with E-state index in [0.29, 0.717) is 17.2 Å². The van der Waals surface area contributed by atoms with Gasteiger partial charge in [0.2, 0.25) is 0 Å². The van der Waals surface area contributed by atoms with Crippen molar-refractivity contribution < 1.29 is 0 Å². The van der Waals surface area contributed by atoms with E-state index in [2.05, 4.69) is 30.3 Å². The number of fused-ring (bicyclic) bond motifs is 2. The first-order valence-corrected chi connectivity index (χ1v) is 6.15. The molecule has 2 bridgehead atoms. The molecule has 5 unspecified atom stereocenters. The average Bonchev–Trinajstić information content (AvgIpc) is 2.75. The molecule has 15 heavy (non-hydrogen) atoms. The third-order valence-corrected chi connectivity index (χ3v) is 4.67. The van der Waals surface area contributed by atoms with Crippen molar-refractivity contribution >= 4 is 11.6 Å². The fourth-order valence-electron chi connectivity index (χ4n) is 3.50. The summed E-state index contributed by atoms with van der Waals surface area (Å²) < 4.78 is 0. The van der Waals surface area contributed by atoms with Crippen molar-refractivity contribution in [2.45, 2.75) is 30.2 Å². The number of rotatable bonds is 1. The average molecular weight is 222 g/mol. The van der Waals surface area contributed by atoms with E-state index in [-0.39, 0.29) is 6.04 Å². The van der Waals surface area contributed by atoms with E-state index in [1.807, 2.05) is 0 Å². The standard InChI is InChI=1S/C13H16ClN/c14-11-7-9-6-10(11)13(15)12(9)8-4-2-1-3-5-8/h1-5,9-13H,6-7,15H2. The molecule has 2 N–H and O–H groups in total. The van der Waals surface area contributed by atoms with Crippen molar-refractivity contribution in [1.29, 1.82) is 0 Å². The highest BCUT2D eigenvalue weighted by molar-refractivity contribution is 6.21. The first-order chi connectivity index (χ1) is 7.27. The molecule has 2 saturated carbocycles. The zero-order valence-corrected chi connectivity index (χ0v) is 9.40. The Morgan fingerprint density at radius 2 is 1.87 bits per heavy atom. The van der Waals surface area contributed by atoms with E-state index in [9.17, 15) is 0 Å². The highest BCUT2D eigenvalue weighted by Gasteiger charge is 2.50. The molecule has 0 spiro atoms. The molecule has 1 nitrogen and oxygen atoms in total. The zero-order valence-electron chi connectivity index (χ0n) is 8.64. The summed E-state index contributed by atoms with van der Waals surface area (Å²) >= 11 is 6.28. The molecule has 0 aliphatic heterocycles. The third kappa shape index (κ3) is 1.41. The largest absolute Gasteiger partial charge is 0.327 e. The minimum absolute atomic E-state index is 0.272. The van der Waals surface area contributed by atoms with Gasteiger partial charge >= 0.3 is 0 Å². The summed E-state index contributed by atoms with van der Waals surface area (Å²) in [5, 5.41) is 0.324. The van der Waals surface area contributed by atoms with Gasteiger partial charge in [-0.1, -0.05) is 30.3 Å². The SMILES string of the molecule is NC1C2CC(CC2Cl)C1c1ccccc1. The molecule has 2 aliphatic rings. The topological polar surface area (TPSA) is 26.0 Å². The van der Waals surface area contributed by atoms with Gasteiger partial charge in [0.1, 0.15) is 0 Å². The molecule has 80 valence electrons. The number of halogens is 1. The lowest BCUT2D eigenvalue weighted by Crippen LogP contribution is -2.38. The summed E-state index contributed by atoms with van der Waals surface area (Å²) in [6.07, 6.45) is 2.38. The van der Waals surface area contributed by atoms with Crippen LogP contribution in [0.5, 0.6) is 0 Å². The number of nitrogens with two attached hydrogens (primary N) is 1. The maximum absolute atomic E-state index is 6.30. The van der Waals surface area contributed by atoms with E-state index < -0.39 is 0 Å². The molecule has 0 heterocycles. The highest BCUT2D eigenvalue weighted by atomic mass is 35.5. The normalized spacial score (nSPS) is 43.5. The molecule has 0 amide bonds. The molecule has 5 atom stereocenters. The van der Waals surface area contributed by atoms with Crippen LogP contribution in [-0.4, -0.2) is 11.4 Å². The van der Waals surface area contributed by atoms with Crippen molar-refractivity contribution in [3.8, 4) is 0 Å². The fourth-order valence-corrected chi connectivity index (χ4v) is 4.00. The summed E-state index contributed by atoms with van der Waals surface area (Å²) in [7, 11) is 0. The van der Waals surface area contributed by atoms with Gasteiger partial charge in [-0.25, -0.2) is 0 Å². The Bertz CT molecular complexity index is 349. The second kappa shape index (κ2) is 3.50. The third-order valence-electron chi connectivity index (χ3n) is 4.17. The quantitative estimate of drug-likeness (QED) is 0.726. The summed E-state index contributed by atoms with van der Waals surface area (Å²) in [5.74, 6) is 1.81. The fraction of sp³-hybridized carbons (Fsp3) is 0.538. The Morgan fingerprint density at radius 1 is 1.13 bits per heavy atom. The first-order valence-electron chi connectivity index (χ1n) is 5.72. The Morgan fingerprint density at radius 3 is 2.47 bits per heavy atom. The highest BCUT2D eigenvalue weighted by Crippen LogP contribution is 2.53. The number of alkyl halides is 1. The van der Waals surface area contributed by atoms with Gasteiger partial charge in [0, 0.05) is 17.3 Å². The molecule has 1 aromatic rings.